The summed E-state index contributed by atoms with van der Waals surface area (Å²) in [6.07, 6.45) is 3.36. The van der Waals surface area contributed by atoms with Gasteiger partial charge < -0.3 is 25.0 Å². The quantitative estimate of drug-likeness (QED) is 0.893. The van der Waals surface area contributed by atoms with Crippen LogP contribution in [-0.4, -0.2) is 46.8 Å². The fourth-order valence-corrected chi connectivity index (χ4v) is 2.47. The highest BCUT2D eigenvalue weighted by Gasteiger charge is 2.31. The maximum Gasteiger partial charge on any atom is 0.321 e. The number of fused-ring (bicyclic) bond motifs is 1. The summed E-state index contributed by atoms with van der Waals surface area (Å²) in [7, 11) is 0. The monoisotopic (exact) mass is 313 g/mol. The van der Waals surface area contributed by atoms with E-state index in [1.165, 1.54) is 0 Å². The number of carbonyl (C=O) groups is 1. The van der Waals surface area contributed by atoms with E-state index in [4.69, 9.17) is 9.47 Å². The molecule has 0 saturated carbocycles. The summed E-state index contributed by atoms with van der Waals surface area (Å²) in [6, 6.07) is 7.12. The third-order valence-corrected chi connectivity index (χ3v) is 3.69. The zero-order chi connectivity index (χ0) is 15.6. The molecule has 8 nitrogen and oxygen atoms in total. The van der Waals surface area contributed by atoms with E-state index in [2.05, 4.69) is 20.6 Å². The van der Waals surface area contributed by atoms with Gasteiger partial charge in [0.05, 0.1) is 6.04 Å². The Balaban J connectivity index is 1.30. The zero-order valence-corrected chi connectivity index (χ0v) is 12.2. The molecule has 118 valence electrons. The summed E-state index contributed by atoms with van der Waals surface area (Å²) in [5.74, 6) is 1.92. The average Bonchev–Trinajstić information content (AvgIpc) is 2.99. The van der Waals surface area contributed by atoms with Gasteiger partial charge in [0.2, 0.25) is 12.7 Å². The van der Waals surface area contributed by atoms with Crippen LogP contribution in [0.3, 0.4) is 0 Å². The highest BCUT2D eigenvalue weighted by atomic mass is 16.7. The smallest absolute Gasteiger partial charge is 0.321 e. The molecule has 3 heterocycles. The number of rotatable bonds is 3. The highest BCUT2D eigenvalue weighted by Crippen LogP contribution is 2.34. The van der Waals surface area contributed by atoms with Crippen LogP contribution in [0, 0.1) is 0 Å². The minimum atomic E-state index is -0.143. The molecule has 2 aliphatic heterocycles. The molecular weight excluding hydrogens is 298 g/mol. The number of ether oxygens (including phenoxy) is 2. The van der Waals surface area contributed by atoms with Gasteiger partial charge in [0.25, 0.3) is 0 Å². The SMILES string of the molecule is O=C(Nc1ccc2c(c1)OCO2)N1CC(Nc2ncccn2)C1. The molecule has 23 heavy (non-hydrogen) atoms. The Kier molecular flexibility index (Phi) is 3.34. The van der Waals surface area contributed by atoms with E-state index < -0.39 is 0 Å². The van der Waals surface area contributed by atoms with Crippen molar-refractivity contribution in [3.05, 3.63) is 36.7 Å². The Morgan fingerprint density at radius 2 is 1.96 bits per heavy atom. The molecule has 2 amide bonds. The van der Waals surface area contributed by atoms with Gasteiger partial charge in [-0.15, -0.1) is 0 Å². The van der Waals surface area contributed by atoms with Crippen LogP contribution in [0.25, 0.3) is 0 Å². The van der Waals surface area contributed by atoms with Crippen molar-refractivity contribution in [2.24, 2.45) is 0 Å². The molecule has 0 atom stereocenters. The number of urea groups is 1. The molecule has 0 radical (unpaired) electrons. The van der Waals surface area contributed by atoms with Crippen LogP contribution in [0.2, 0.25) is 0 Å². The Hall–Kier alpha value is -3.03. The van der Waals surface area contributed by atoms with Crippen LogP contribution in [0.5, 0.6) is 11.5 Å². The second-order valence-corrected chi connectivity index (χ2v) is 5.32. The van der Waals surface area contributed by atoms with Crippen molar-refractivity contribution in [1.29, 1.82) is 0 Å². The first-order valence-corrected chi connectivity index (χ1v) is 7.27. The molecule has 2 aliphatic rings. The van der Waals surface area contributed by atoms with Gasteiger partial charge >= 0.3 is 6.03 Å². The first kappa shape index (κ1) is 13.6. The van der Waals surface area contributed by atoms with E-state index >= 15 is 0 Å². The Morgan fingerprint density at radius 3 is 2.78 bits per heavy atom. The highest BCUT2D eigenvalue weighted by molar-refractivity contribution is 5.90. The number of hydrogen-bond donors (Lipinski definition) is 2. The van der Waals surface area contributed by atoms with E-state index in [-0.39, 0.29) is 18.9 Å². The fourth-order valence-electron chi connectivity index (χ4n) is 2.47. The Morgan fingerprint density at radius 1 is 1.17 bits per heavy atom. The molecule has 0 unspecified atom stereocenters. The summed E-state index contributed by atoms with van der Waals surface area (Å²) in [4.78, 5) is 22.1. The molecule has 1 saturated heterocycles. The minimum Gasteiger partial charge on any atom is -0.454 e. The van der Waals surface area contributed by atoms with Gasteiger partial charge in [-0.3, -0.25) is 0 Å². The van der Waals surface area contributed by atoms with Crippen molar-refractivity contribution in [3.8, 4) is 11.5 Å². The van der Waals surface area contributed by atoms with Gasteiger partial charge in [0, 0.05) is 37.2 Å². The van der Waals surface area contributed by atoms with Crippen LogP contribution >= 0.6 is 0 Å². The number of hydrogen-bond acceptors (Lipinski definition) is 6. The number of anilines is 2. The predicted octanol–water partition coefficient (Wildman–Crippen LogP) is 1.53. The number of nitrogens with zero attached hydrogens (tertiary/aromatic N) is 3. The topological polar surface area (TPSA) is 88.6 Å². The van der Waals surface area contributed by atoms with E-state index in [1.54, 1.807) is 41.6 Å². The third-order valence-electron chi connectivity index (χ3n) is 3.69. The average molecular weight is 313 g/mol. The number of carbonyl (C=O) groups excluding carboxylic acids is 1. The summed E-state index contributed by atoms with van der Waals surface area (Å²) in [6.45, 7) is 1.43. The molecule has 1 fully saturated rings. The van der Waals surface area contributed by atoms with Crippen LogP contribution in [0.15, 0.2) is 36.7 Å². The lowest BCUT2D eigenvalue weighted by atomic mass is 10.1. The summed E-state index contributed by atoms with van der Waals surface area (Å²) in [5.41, 5.74) is 0.682. The minimum absolute atomic E-state index is 0.143. The normalized spacial score (nSPS) is 15.9. The van der Waals surface area contributed by atoms with E-state index in [0.29, 0.717) is 36.2 Å². The van der Waals surface area contributed by atoms with Gasteiger partial charge in [-0.2, -0.15) is 0 Å². The maximum atomic E-state index is 12.2. The van der Waals surface area contributed by atoms with E-state index in [9.17, 15) is 4.79 Å². The van der Waals surface area contributed by atoms with E-state index in [1.807, 2.05) is 0 Å². The van der Waals surface area contributed by atoms with Crippen molar-refractivity contribution < 1.29 is 14.3 Å². The molecule has 2 N–H and O–H groups in total. The van der Waals surface area contributed by atoms with E-state index in [0.717, 1.165) is 0 Å². The van der Waals surface area contributed by atoms with Crippen molar-refractivity contribution in [2.75, 3.05) is 30.5 Å². The molecule has 1 aromatic heterocycles. The number of aromatic nitrogens is 2. The summed E-state index contributed by atoms with van der Waals surface area (Å²) in [5, 5.41) is 6.03. The first-order chi connectivity index (χ1) is 11.3. The molecular formula is C15H15N5O3. The standard InChI is InChI=1S/C15H15N5O3/c21-15(19-10-2-3-12-13(6-10)23-9-22-12)20-7-11(8-20)18-14-16-4-1-5-17-14/h1-6,11H,7-9H2,(H,19,21)(H,16,17,18). The second kappa shape index (κ2) is 5.64. The predicted molar refractivity (Wildman–Crippen MR) is 82.6 cm³/mol. The van der Waals surface area contributed by atoms with Crippen molar-refractivity contribution >= 4 is 17.7 Å². The number of likely N-dealkylation sites (tertiary alicyclic amines) is 1. The Bertz CT molecular complexity index is 718. The van der Waals surface area contributed by atoms with Gasteiger partial charge in [0.15, 0.2) is 11.5 Å². The lowest BCUT2D eigenvalue weighted by molar-refractivity contribution is 0.171. The van der Waals surface area contributed by atoms with Crippen LogP contribution < -0.4 is 20.1 Å². The number of nitrogens with one attached hydrogen (secondary N) is 2. The lowest BCUT2D eigenvalue weighted by Gasteiger charge is -2.39. The second-order valence-electron chi connectivity index (χ2n) is 5.32. The lowest BCUT2D eigenvalue weighted by Crippen LogP contribution is -2.58. The zero-order valence-electron chi connectivity index (χ0n) is 12.2. The van der Waals surface area contributed by atoms with Crippen molar-refractivity contribution in [2.45, 2.75) is 6.04 Å². The maximum absolute atomic E-state index is 12.2. The molecule has 8 heteroatoms. The summed E-state index contributed by atoms with van der Waals surface area (Å²) >= 11 is 0. The fraction of sp³-hybridized carbons (Fsp3) is 0.267. The van der Waals surface area contributed by atoms with Crippen LogP contribution in [-0.2, 0) is 0 Å². The molecule has 4 rings (SSSR count). The molecule has 0 bridgehead atoms. The molecule has 0 spiro atoms. The van der Waals surface area contributed by atoms with Gasteiger partial charge in [-0.05, 0) is 18.2 Å². The third kappa shape index (κ3) is 2.83. The largest absolute Gasteiger partial charge is 0.454 e. The van der Waals surface area contributed by atoms with Crippen molar-refractivity contribution in [1.82, 2.24) is 14.9 Å². The molecule has 2 aromatic rings. The van der Waals surface area contributed by atoms with Gasteiger partial charge in [-0.1, -0.05) is 0 Å². The van der Waals surface area contributed by atoms with Crippen molar-refractivity contribution in [3.63, 3.8) is 0 Å². The van der Waals surface area contributed by atoms with Gasteiger partial charge in [-0.25, -0.2) is 14.8 Å². The number of benzene rings is 1. The Labute approximate surface area is 132 Å². The molecule has 1 aromatic carbocycles. The van der Waals surface area contributed by atoms with Crippen LogP contribution in [0.1, 0.15) is 0 Å². The first-order valence-electron chi connectivity index (χ1n) is 7.27. The van der Waals surface area contributed by atoms with Crippen LogP contribution in [0.4, 0.5) is 16.4 Å². The van der Waals surface area contributed by atoms with Gasteiger partial charge in [0.1, 0.15) is 0 Å². The number of amides is 2. The molecule has 0 aliphatic carbocycles. The summed E-state index contributed by atoms with van der Waals surface area (Å²) < 4.78 is 10.5.